The minimum absolute atomic E-state index is 0.00288. The number of methoxy groups -OCH3 is 2. The highest BCUT2D eigenvalue weighted by Crippen LogP contribution is 2.41. The Balaban J connectivity index is 1.69. The van der Waals surface area contributed by atoms with Crippen molar-refractivity contribution in [2.24, 2.45) is 0 Å². The van der Waals surface area contributed by atoms with Crippen molar-refractivity contribution in [2.45, 2.75) is 44.1 Å². The summed E-state index contributed by atoms with van der Waals surface area (Å²) in [6.07, 6.45) is 1.91. The first kappa shape index (κ1) is 21.5. The normalized spacial score (nSPS) is 22.1. The molecule has 166 valence electrons. The van der Waals surface area contributed by atoms with Crippen molar-refractivity contribution in [1.82, 2.24) is 10.3 Å². The lowest BCUT2D eigenvalue weighted by Gasteiger charge is -2.27. The number of nitrogens with zero attached hydrogens (tertiary/aromatic N) is 2. The number of nitrogens with one attached hydrogen (secondary N) is 1. The molecule has 1 amide bonds. The molecule has 1 aromatic carbocycles. The van der Waals surface area contributed by atoms with Gasteiger partial charge in [-0.05, 0) is 32.9 Å². The van der Waals surface area contributed by atoms with Crippen LogP contribution in [-0.2, 0) is 4.79 Å². The van der Waals surface area contributed by atoms with E-state index in [1.807, 2.05) is 6.07 Å². The Bertz CT molecular complexity index is 956. The van der Waals surface area contributed by atoms with Gasteiger partial charge in [-0.3, -0.25) is 9.69 Å². The summed E-state index contributed by atoms with van der Waals surface area (Å²) in [5, 5.41) is 3.34. The molecule has 2 aliphatic rings. The van der Waals surface area contributed by atoms with Crippen molar-refractivity contribution in [3.63, 3.8) is 0 Å². The van der Waals surface area contributed by atoms with E-state index in [0.29, 0.717) is 11.6 Å². The summed E-state index contributed by atoms with van der Waals surface area (Å²) in [5.41, 5.74) is 0.784. The lowest BCUT2D eigenvalue weighted by atomic mass is 9.91. The number of halogens is 2. The number of hydrogen-bond acceptors (Lipinski definition) is 5. The fourth-order valence-electron chi connectivity index (χ4n) is 4.66. The zero-order valence-electron chi connectivity index (χ0n) is 18.0. The Kier molecular flexibility index (Phi) is 6.09. The summed E-state index contributed by atoms with van der Waals surface area (Å²) in [4.78, 5) is 19.3. The van der Waals surface area contributed by atoms with Crippen molar-refractivity contribution in [3.8, 4) is 11.5 Å². The fourth-order valence-corrected chi connectivity index (χ4v) is 4.66. The van der Waals surface area contributed by atoms with Crippen LogP contribution in [0.5, 0.6) is 11.5 Å². The van der Waals surface area contributed by atoms with Gasteiger partial charge in [0.05, 0.1) is 14.2 Å². The van der Waals surface area contributed by atoms with Gasteiger partial charge in [-0.15, -0.1) is 0 Å². The van der Waals surface area contributed by atoms with Gasteiger partial charge in [-0.25, -0.2) is 13.8 Å². The van der Waals surface area contributed by atoms with E-state index in [-0.39, 0.29) is 29.6 Å². The number of carbonyl (C=O) groups is 1. The van der Waals surface area contributed by atoms with Crippen LogP contribution in [0.15, 0.2) is 24.3 Å². The number of carbonyl (C=O) groups excluding carboxylic acids is 1. The van der Waals surface area contributed by atoms with Crippen LogP contribution in [0.2, 0.25) is 0 Å². The predicted molar refractivity (Wildman–Crippen MR) is 113 cm³/mol. The van der Waals surface area contributed by atoms with E-state index < -0.39 is 23.6 Å². The molecule has 3 heterocycles. The highest BCUT2D eigenvalue weighted by Gasteiger charge is 2.42. The Labute approximate surface area is 180 Å². The monoisotopic (exact) mass is 431 g/mol. The highest BCUT2D eigenvalue weighted by atomic mass is 19.1. The molecule has 2 aromatic rings. The van der Waals surface area contributed by atoms with E-state index >= 15 is 0 Å². The second kappa shape index (κ2) is 8.78. The van der Waals surface area contributed by atoms with Gasteiger partial charge in [0.25, 0.3) is 0 Å². The summed E-state index contributed by atoms with van der Waals surface area (Å²) in [7, 11) is 2.93. The Morgan fingerprint density at radius 2 is 1.65 bits per heavy atom. The second-order valence-corrected chi connectivity index (χ2v) is 8.13. The summed E-state index contributed by atoms with van der Waals surface area (Å²) in [6.45, 7) is 3.62. The first-order valence-corrected chi connectivity index (χ1v) is 10.5. The van der Waals surface area contributed by atoms with E-state index in [0.717, 1.165) is 43.8 Å². The number of rotatable bonds is 5. The average Bonchev–Trinajstić information content (AvgIpc) is 3.06. The lowest BCUT2D eigenvalue weighted by Crippen LogP contribution is -2.34. The van der Waals surface area contributed by atoms with Crippen LogP contribution in [0.3, 0.4) is 0 Å². The first-order chi connectivity index (χ1) is 14.9. The van der Waals surface area contributed by atoms with Crippen LogP contribution >= 0.6 is 0 Å². The Morgan fingerprint density at radius 1 is 1.03 bits per heavy atom. The van der Waals surface area contributed by atoms with Gasteiger partial charge in [-0.1, -0.05) is 0 Å². The zero-order chi connectivity index (χ0) is 22.1. The Hall–Kier alpha value is -2.74. The van der Waals surface area contributed by atoms with Crippen LogP contribution in [0.25, 0.3) is 0 Å². The molecular formula is C23H27F2N3O3. The van der Waals surface area contributed by atoms with Crippen molar-refractivity contribution in [1.29, 1.82) is 0 Å². The summed E-state index contributed by atoms with van der Waals surface area (Å²) in [6, 6.07) is 5.45. The molecule has 2 atom stereocenters. The molecule has 0 aliphatic carbocycles. The molecule has 2 fully saturated rings. The maximum atomic E-state index is 14.7. The molecule has 2 saturated heterocycles. The first-order valence-electron chi connectivity index (χ1n) is 10.5. The number of ether oxygens (including phenoxy) is 2. The van der Waals surface area contributed by atoms with Gasteiger partial charge in [-0.2, -0.15) is 0 Å². The highest BCUT2D eigenvalue weighted by molar-refractivity contribution is 5.96. The van der Waals surface area contributed by atoms with E-state index in [2.05, 4.69) is 5.32 Å². The smallest absolute Gasteiger partial charge is 0.229 e. The van der Waals surface area contributed by atoms with E-state index in [1.54, 1.807) is 25.0 Å². The van der Waals surface area contributed by atoms with Crippen LogP contribution < -0.4 is 19.7 Å². The van der Waals surface area contributed by atoms with Crippen molar-refractivity contribution >= 4 is 11.7 Å². The van der Waals surface area contributed by atoms with Crippen LogP contribution in [0, 0.1) is 11.6 Å². The van der Waals surface area contributed by atoms with Gasteiger partial charge in [0, 0.05) is 59.8 Å². The molecule has 1 N–H and O–H groups in total. The van der Waals surface area contributed by atoms with Crippen molar-refractivity contribution in [2.75, 3.05) is 32.2 Å². The minimum Gasteiger partial charge on any atom is -0.497 e. The largest absolute Gasteiger partial charge is 0.497 e. The molecule has 0 bridgehead atoms. The molecule has 0 spiro atoms. The fraction of sp³-hybridized carbons (Fsp3) is 0.478. The van der Waals surface area contributed by atoms with Crippen LogP contribution in [-0.4, -0.2) is 44.2 Å². The molecule has 6 nitrogen and oxygen atoms in total. The zero-order valence-corrected chi connectivity index (χ0v) is 18.0. The average molecular weight is 431 g/mol. The van der Waals surface area contributed by atoms with Gasteiger partial charge >= 0.3 is 0 Å². The number of anilines is 1. The number of amides is 1. The second-order valence-electron chi connectivity index (χ2n) is 8.13. The predicted octanol–water partition coefficient (Wildman–Crippen LogP) is 3.75. The topological polar surface area (TPSA) is 63.7 Å². The van der Waals surface area contributed by atoms with Gasteiger partial charge < -0.3 is 14.8 Å². The van der Waals surface area contributed by atoms with E-state index in [9.17, 15) is 13.6 Å². The maximum Gasteiger partial charge on any atom is 0.229 e. The molecule has 0 saturated carbocycles. The van der Waals surface area contributed by atoms with Gasteiger partial charge in [0.15, 0.2) is 0 Å². The van der Waals surface area contributed by atoms with E-state index in [4.69, 9.17) is 14.5 Å². The van der Waals surface area contributed by atoms with E-state index in [1.165, 1.54) is 7.11 Å². The molecule has 4 rings (SSSR count). The summed E-state index contributed by atoms with van der Waals surface area (Å²) >= 11 is 0. The number of piperidine rings is 1. The standard InChI is InChI=1S/C23H27F2N3O3/c1-13-17(23-18(24)8-15(30-2)9-19(23)25)12-22(29)28(13)21-11-16(31-3)10-20(27-21)14-4-6-26-7-5-14/h8-11,13-14,17,26H,4-7,12H2,1-3H3. The molecule has 8 heteroatoms. The molecule has 1 aromatic heterocycles. The van der Waals surface area contributed by atoms with Crippen LogP contribution in [0.4, 0.5) is 14.6 Å². The lowest BCUT2D eigenvalue weighted by molar-refractivity contribution is -0.117. The van der Waals surface area contributed by atoms with Crippen molar-refractivity contribution in [3.05, 3.63) is 47.2 Å². The third-order valence-corrected chi connectivity index (χ3v) is 6.36. The SMILES string of the molecule is COc1cc(C2CCNCC2)nc(N2C(=O)CC(c3c(F)cc(OC)cc3F)C2C)c1. The summed E-state index contributed by atoms with van der Waals surface area (Å²) in [5.74, 6) is -0.817. The third-order valence-electron chi connectivity index (χ3n) is 6.36. The number of benzene rings is 1. The molecule has 2 aliphatic heterocycles. The number of aromatic nitrogens is 1. The molecular weight excluding hydrogens is 404 g/mol. The number of hydrogen-bond donors (Lipinski definition) is 1. The molecule has 31 heavy (non-hydrogen) atoms. The molecule has 2 unspecified atom stereocenters. The maximum absolute atomic E-state index is 14.7. The molecule has 0 radical (unpaired) electrons. The van der Waals surface area contributed by atoms with Crippen molar-refractivity contribution < 1.29 is 23.0 Å². The van der Waals surface area contributed by atoms with Gasteiger partial charge in [0.1, 0.15) is 29.0 Å². The minimum atomic E-state index is -0.711. The quantitative estimate of drug-likeness (QED) is 0.781. The van der Waals surface area contributed by atoms with Gasteiger partial charge in [0.2, 0.25) is 5.91 Å². The Morgan fingerprint density at radius 3 is 2.26 bits per heavy atom. The number of pyridine rings is 1. The third kappa shape index (κ3) is 4.08. The van der Waals surface area contributed by atoms with Crippen LogP contribution in [0.1, 0.15) is 49.3 Å². The summed E-state index contributed by atoms with van der Waals surface area (Å²) < 4.78 is 39.8.